The van der Waals surface area contributed by atoms with Gasteiger partial charge in [-0.15, -0.1) is 0 Å². The van der Waals surface area contributed by atoms with Gasteiger partial charge in [-0.1, -0.05) is 6.07 Å². The van der Waals surface area contributed by atoms with Crippen molar-refractivity contribution in [3.05, 3.63) is 28.5 Å². The molecule has 1 saturated heterocycles. The Kier molecular flexibility index (Phi) is 3.96. The van der Waals surface area contributed by atoms with Crippen LogP contribution in [0.1, 0.15) is 29.8 Å². The smallest absolute Gasteiger partial charge is 0.326 e. The predicted molar refractivity (Wildman–Crippen MR) is 68.2 cm³/mol. The first kappa shape index (κ1) is 13.0. The molecule has 0 radical (unpaired) electrons. The first-order valence-corrected chi connectivity index (χ1v) is 6.55. The largest absolute Gasteiger partial charge is 0.480 e. The maximum Gasteiger partial charge on any atom is 0.326 e. The third-order valence-electron chi connectivity index (χ3n) is 2.98. The number of hydrogen-bond donors (Lipinski definition) is 1. The second-order valence-corrected chi connectivity index (χ2v) is 5.01. The maximum absolute atomic E-state index is 12.2. The fourth-order valence-electron chi connectivity index (χ4n) is 2.11. The number of pyridine rings is 1. The Morgan fingerprint density at radius 2 is 2.17 bits per heavy atom. The van der Waals surface area contributed by atoms with E-state index in [0.29, 0.717) is 17.6 Å². The van der Waals surface area contributed by atoms with Crippen LogP contribution < -0.4 is 0 Å². The quantitative estimate of drug-likeness (QED) is 0.847. The molecule has 1 aromatic heterocycles. The van der Waals surface area contributed by atoms with Crippen molar-refractivity contribution in [2.45, 2.75) is 25.3 Å². The summed E-state index contributed by atoms with van der Waals surface area (Å²) in [6.07, 6.45) is 2.19. The summed E-state index contributed by atoms with van der Waals surface area (Å²) in [4.78, 5) is 28.9. The molecule has 18 heavy (non-hydrogen) atoms. The molecule has 1 atom stereocenters. The highest BCUT2D eigenvalue weighted by Gasteiger charge is 2.32. The minimum Gasteiger partial charge on any atom is -0.480 e. The minimum absolute atomic E-state index is 0.275. The van der Waals surface area contributed by atoms with Crippen molar-refractivity contribution in [2.75, 3.05) is 6.54 Å². The summed E-state index contributed by atoms with van der Waals surface area (Å²) in [5.74, 6) is -1.26. The molecular formula is C12H13BrN2O3. The van der Waals surface area contributed by atoms with Crippen LogP contribution in [0.2, 0.25) is 0 Å². The number of amides is 1. The van der Waals surface area contributed by atoms with Gasteiger partial charge in [0.2, 0.25) is 0 Å². The first-order chi connectivity index (χ1) is 8.59. The zero-order chi connectivity index (χ0) is 13.1. The number of likely N-dealkylation sites (tertiary alicyclic amines) is 1. The van der Waals surface area contributed by atoms with E-state index in [4.69, 9.17) is 5.11 Å². The van der Waals surface area contributed by atoms with Crippen LogP contribution in [0.3, 0.4) is 0 Å². The Labute approximate surface area is 113 Å². The second kappa shape index (κ2) is 5.48. The van der Waals surface area contributed by atoms with E-state index in [0.717, 1.165) is 12.8 Å². The number of halogens is 1. The number of carboxylic acids is 1. The molecule has 1 aliphatic rings. The van der Waals surface area contributed by atoms with Crippen LogP contribution in [0.25, 0.3) is 0 Å². The van der Waals surface area contributed by atoms with Crippen LogP contribution >= 0.6 is 15.9 Å². The molecule has 96 valence electrons. The van der Waals surface area contributed by atoms with Crippen molar-refractivity contribution >= 4 is 27.8 Å². The van der Waals surface area contributed by atoms with Crippen molar-refractivity contribution in [1.29, 1.82) is 0 Å². The summed E-state index contributed by atoms with van der Waals surface area (Å²) >= 11 is 3.20. The van der Waals surface area contributed by atoms with E-state index >= 15 is 0 Å². The van der Waals surface area contributed by atoms with Gasteiger partial charge in [-0.25, -0.2) is 9.78 Å². The van der Waals surface area contributed by atoms with Crippen LogP contribution in [0.4, 0.5) is 0 Å². The molecule has 1 aromatic rings. The summed E-state index contributed by atoms with van der Waals surface area (Å²) in [7, 11) is 0. The van der Waals surface area contributed by atoms with Crippen molar-refractivity contribution < 1.29 is 14.7 Å². The molecule has 6 heteroatoms. The normalized spacial score (nSPS) is 19.6. The standard InChI is InChI=1S/C12H13BrN2O3/c13-10-6-3-4-8(14-10)11(16)15-7-2-1-5-9(15)12(17)18/h3-4,6,9H,1-2,5,7H2,(H,17,18). The fraction of sp³-hybridized carbons (Fsp3) is 0.417. The predicted octanol–water partition coefficient (Wildman–Crippen LogP) is 1.92. The molecule has 1 fully saturated rings. The zero-order valence-corrected chi connectivity index (χ0v) is 11.3. The average molecular weight is 313 g/mol. The molecular weight excluding hydrogens is 300 g/mol. The van der Waals surface area contributed by atoms with Gasteiger partial charge in [-0.3, -0.25) is 4.79 Å². The first-order valence-electron chi connectivity index (χ1n) is 5.76. The number of carboxylic acid groups (broad SMARTS) is 1. The molecule has 2 heterocycles. The van der Waals surface area contributed by atoms with Crippen LogP contribution in [-0.2, 0) is 4.79 Å². The molecule has 1 amide bonds. The van der Waals surface area contributed by atoms with Crippen LogP contribution in [0.5, 0.6) is 0 Å². The molecule has 1 aliphatic heterocycles. The molecule has 5 nitrogen and oxygen atoms in total. The van der Waals surface area contributed by atoms with Crippen molar-refractivity contribution in [3.8, 4) is 0 Å². The maximum atomic E-state index is 12.2. The van der Waals surface area contributed by atoms with Gasteiger partial charge >= 0.3 is 5.97 Å². The number of nitrogens with zero attached hydrogens (tertiary/aromatic N) is 2. The third kappa shape index (κ3) is 2.69. The zero-order valence-electron chi connectivity index (χ0n) is 9.67. The van der Waals surface area contributed by atoms with E-state index in [1.807, 2.05) is 0 Å². The van der Waals surface area contributed by atoms with Crippen molar-refractivity contribution in [2.24, 2.45) is 0 Å². The lowest BCUT2D eigenvalue weighted by molar-refractivity contribution is -0.143. The molecule has 1 N–H and O–H groups in total. The lowest BCUT2D eigenvalue weighted by Crippen LogP contribution is -2.48. The highest BCUT2D eigenvalue weighted by atomic mass is 79.9. The van der Waals surface area contributed by atoms with Gasteiger partial charge in [0.25, 0.3) is 5.91 Å². The molecule has 0 bridgehead atoms. The Morgan fingerprint density at radius 1 is 1.39 bits per heavy atom. The lowest BCUT2D eigenvalue weighted by atomic mass is 10.0. The third-order valence-corrected chi connectivity index (χ3v) is 3.42. The summed E-state index contributed by atoms with van der Waals surface area (Å²) in [6.45, 7) is 0.476. The van der Waals surface area contributed by atoms with E-state index in [-0.39, 0.29) is 11.6 Å². The second-order valence-electron chi connectivity index (χ2n) is 4.19. The molecule has 2 rings (SSSR count). The minimum atomic E-state index is -0.946. The Bertz CT molecular complexity index is 478. The van der Waals surface area contributed by atoms with Gasteiger partial charge in [-0.05, 0) is 47.3 Å². The van der Waals surface area contributed by atoms with Gasteiger partial charge in [0.1, 0.15) is 16.3 Å². The number of hydrogen-bond acceptors (Lipinski definition) is 3. The topological polar surface area (TPSA) is 70.5 Å². The highest BCUT2D eigenvalue weighted by molar-refractivity contribution is 9.10. The van der Waals surface area contributed by atoms with Crippen molar-refractivity contribution in [1.82, 2.24) is 9.88 Å². The Balaban J connectivity index is 2.23. The van der Waals surface area contributed by atoms with Crippen LogP contribution in [-0.4, -0.2) is 39.5 Å². The van der Waals surface area contributed by atoms with E-state index in [9.17, 15) is 9.59 Å². The number of carbonyl (C=O) groups excluding carboxylic acids is 1. The van der Waals surface area contributed by atoms with E-state index in [1.54, 1.807) is 18.2 Å². The average Bonchev–Trinajstić information content (AvgIpc) is 2.38. The lowest BCUT2D eigenvalue weighted by Gasteiger charge is -2.32. The molecule has 1 unspecified atom stereocenters. The van der Waals surface area contributed by atoms with Gasteiger partial charge < -0.3 is 10.0 Å². The Morgan fingerprint density at radius 3 is 2.83 bits per heavy atom. The number of aromatic nitrogens is 1. The van der Waals surface area contributed by atoms with E-state index in [2.05, 4.69) is 20.9 Å². The summed E-state index contributed by atoms with van der Waals surface area (Å²) in [5, 5.41) is 9.14. The summed E-state index contributed by atoms with van der Waals surface area (Å²) in [5.41, 5.74) is 0.275. The summed E-state index contributed by atoms with van der Waals surface area (Å²) < 4.78 is 0.567. The van der Waals surface area contributed by atoms with E-state index < -0.39 is 12.0 Å². The number of aliphatic carboxylic acids is 1. The molecule has 0 saturated carbocycles. The monoisotopic (exact) mass is 312 g/mol. The van der Waals surface area contributed by atoms with Gasteiger partial charge in [0, 0.05) is 6.54 Å². The fourth-order valence-corrected chi connectivity index (χ4v) is 2.45. The highest BCUT2D eigenvalue weighted by Crippen LogP contribution is 2.20. The number of piperidine rings is 1. The van der Waals surface area contributed by atoms with Crippen LogP contribution in [0, 0.1) is 0 Å². The van der Waals surface area contributed by atoms with Crippen molar-refractivity contribution in [3.63, 3.8) is 0 Å². The molecule has 0 aromatic carbocycles. The van der Waals surface area contributed by atoms with Gasteiger partial charge in [-0.2, -0.15) is 0 Å². The molecule has 0 aliphatic carbocycles. The SMILES string of the molecule is O=C(O)C1CCCCN1C(=O)c1cccc(Br)n1. The molecule has 0 spiro atoms. The number of carbonyl (C=O) groups is 2. The summed E-state index contributed by atoms with van der Waals surface area (Å²) in [6, 6.07) is 4.30. The number of rotatable bonds is 2. The Hall–Kier alpha value is -1.43. The van der Waals surface area contributed by atoms with Crippen LogP contribution in [0.15, 0.2) is 22.8 Å². The van der Waals surface area contributed by atoms with Gasteiger partial charge in [0.15, 0.2) is 0 Å². The van der Waals surface area contributed by atoms with E-state index in [1.165, 1.54) is 4.90 Å². The van der Waals surface area contributed by atoms with Gasteiger partial charge in [0.05, 0.1) is 0 Å².